The molecule has 2 rings (SSSR count). The highest BCUT2D eigenvalue weighted by atomic mass is 79.9. The SMILES string of the molecule is Fc1ccc(Br)c2n[nH]c(Br)c12. The van der Waals surface area contributed by atoms with Crippen molar-refractivity contribution < 1.29 is 4.39 Å². The van der Waals surface area contributed by atoms with Gasteiger partial charge in [-0.2, -0.15) is 5.10 Å². The van der Waals surface area contributed by atoms with E-state index in [2.05, 4.69) is 42.1 Å². The number of nitrogens with zero attached hydrogens (tertiary/aromatic N) is 1. The van der Waals surface area contributed by atoms with Gasteiger partial charge in [-0.05, 0) is 44.0 Å². The summed E-state index contributed by atoms with van der Waals surface area (Å²) in [6.45, 7) is 0. The molecular formula is C7H3Br2FN2. The summed E-state index contributed by atoms with van der Waals surface area (Å²) in [5.74, 6) is -0.283. The van der Waals surface area contributed by atoms with E-state index in [1.807, 2.05) is 0 Å². The minimum Gasteiger partial charge on any atom is -0.270 e. The van der Waals surface area contributed by atoms with Gasteiger partial charge in [0.1, 0.15) is 15.9 Å². The van der Waals surface area contributed by atoms with E-state index in [9.17, 15) is 4.39 Å². The van der Waals surface area contributed by atoms with Crippen LogP contribution in [0, 0.1) is 5.82 Å². The van der Waals surface area contributed by atoms with Gasteiger partial charge in [0.2, 0.25) is 0 Å². The molecule has 0 aliphatic carbocycles. The fourth-order valence-corrected chi connectivity index (χ4v) is 1.91. The van der Waals surface area contributed by atoms with Crippen molar-refractivity contribution in [2.75, 3.05) is 0 Å². The summed E-state index contributed by atoms with van der Waals surface area (Å²) >= 11 is 6.45. The Morgan fingerprint density at radius 3 is 2.75 bits per heavy atom. The number of nitrogens with one attached hydrogen (secondary N) is 1. The second kappa shape index (κ2) is 2.81. The number of rotatable bonds is 0. The van der Waals surface area contributed by atoms with Gasteiger partial charge in [-0.25, -0.2) is 4.39 Å². The van der Waals surface area contributed by atoms with Crippen molar-refractivity contribution in [3.63, 3.8) is 0 Å². The standard InChI is InChI=1S/C7H3Br2FN2/c8-3-1-2-4(10)5-6(3)11-12-7(5)9/h1-2H,(H,11,12). The number of H-pyrrole nitrogens is 1. The van der Waals surface area contributed by atoms with E-state index >= 15 is 0 Å². The molecule has 0 aliphatic heterocycles. The summed E-state index contributed by atoms with van der Waals surface area (Å²) in [4.78, 5) is 0. The molecule has 0 spiro atoms. The topological polar surface area (TPSA) is 28.7 Å². The lowest BCUT2D eigenvalue weighted by molar-refractivity contribution is 0.639. The smallest absolute Gasteiger partial charge is 0.135 e. The monoisotopic (exact) mass is 292 g/mol. The normalized spacial score (nSPS) is 10.9. The highest BCUT2D eigenvalue weighted by Gasteiger charge is 2.10. The molecular weight excluding hydrogens is 291 g/mol. The van der Waals surface area contributed by atoms with Crippen molar-refractivity contribution in [1.82, 2.24) is 10.2 Å². The molecule has 1 N–H and O–H groups in total. The molecule has 0 saturated heterocycles. The van der Waals surface area contributed by atoms with Crippen molar-refractivity contribution in [3.05, 3.63) is 27.0 Å². The molecule has 0 aliphatic rings. The predicted octanol–water partition coefficient (Wildman–Crippen LogP) is 3.23. The highest BCUT2D eigenvalue weighted by molar-refractivity contribution is 9.11. The van der Waals surface area contributed by atoms with E-state index in [0.29, 0.717) is 15.5 Å². The van der Waals surface area contributed by atoms with Crippen LogP contribution >= 0.6 is 31.9 Å². The summed E-state index contributed by atoms with van der Waals surface area (Å²) in [7, 11) is 0. The van der Waals surface area contributed by atoms with Crippen LogP contribution in [0.15, 0.2) is 21.2 Å². The maximum absolute atomic E-state index is 13.1. The molecule has 0 atom stereocenters. The van der Waals surface area contributed by atoms with Gasteiger partial charge in [0.15, 0.2) is 0 Å². The number of hydrogen-bond acceptors (Lipinski definition) is 1. The first-order chi connectivity index (χ1) is 5.70. The first kappa shape index (κ1) is 8.19. The van der Waals surface area contributed by atoms with Gasteiger partial charge in [0.05, 0.1) is 5.39 Å². The van der Waals surface area contributed by atoms with Crippen molar-refractivity contribution in [2.24, 2.45) is 0 Å². The Hall–Kier alpha value is -0.420. The Morgan fingerprint density at radius 2 is 2.08 bits per heavy atom. The summed E-state index contributed by atoms with van der Waals surface area (Å²) in [5.41, 5.74) is 0.599. The van der Waals surface area contributed by atoms with Crippen LogP contribution in [0.3, 0.4) is 0 Å². The van der Waals surface area contributed by atoms with Gasteiger partial charge in [-0.3, -0.25) is 5.10 Å². The summed E-state index contributed by atoms with van der Waals surface area (Å²) in [6.07, 6.45) is 0. The molecule has 2 aromatic rings. The van der Waals surface area contributed by atoms with Gasteiger partial charge in [0.25, 0.3) is 0 Å². The number of hydrogen-bond donors (Lipinski definition) is 1. The van der Waals surface area contributed by atoms with Gasteiger partial charge in [-0.1, -0.05) is 0 Å². The van der Waals surface area contributed by atoms with Crippen LogP contribution in [0.5, 0.6) is 0 Å². The van der Waals surface area contributed by atoms with E-state index in [-0.39, 0.29) is 5.82 Å². The minimum absolute atomic E-state index is 0.283. The molecule has 1 aromatic carbocycles. The van der Waals surface area contributed by atoms with Gasteiger partial charge in [-0.15, -0.1) is 0 Å². The Kier molecular flexibility index (Phi) is 1.92. The lowest BCUT2D eigenvalue weighted by Gasteiger charge is -1.93. The molecule has 0 saturated carbocycles. The third-order valence-corrected chi connectivity index (χ3v) is 2.78. The Balaban J connectivity index is 2.98. The molecule has 2 nitrogen and oxygen atoms in total. The number of fused-ring (bicyclic) bond motifs is 1. The zero-order valence-electron chi connectivity index (χ0n) is 5.74. The van der Waals surface area contributed by atoms with E-state index in [1.54, 1.807) is 6.07 Å². The van der Waals surface area contributed by atoms with Crippen molar-refractivity contribution >= 4 is 42.8 Å². The Bertz CT molecular complexity index is 438. The largest absolute Gasteiger partial charge is 0.270 e. The average Bonchev–Trinajstić information content (AvgIpc) is 2.42. The molecule has 0 fully saturated rings. The van der Waals surface area contributed by atoms with Gasteiger partial charge >= 0.3 is 0 Å². The van der Waals surface area contributed by atoms with Gasteiger partial charge < -0.3 is 0 Å². The third-order valence-electron chi connectivity index (χ3n) is 1.56. The molecule has 1 aromatic heterocycles. The zero-order chi connectivity index (χ0) is 8.72. The fraction of sp³-hybridized carbons (Fsp3) is 0. The zero-order valence-corrected chi connectivity index (χ0v) is 8.91. The molecule has 12 heavy (non-hydrogen) atoms. The second-order valence-electron chi connectivity index (χ2n) is 2.29. The molecule has 0 bridgehead atoms. The van der Waals surface area contributed by atoms with Crippen LogP contribution in [0.2, 0.25) is 0 Å². The minimum atomic E-state index is -0.283. The average molecular weight is 294 g/mol. The fourth-order valence-electron chi connectivity index (χ4n) is 1.02. The van der Waals surface area contributed by atoms with E-state index < -0.39 is 0 Å². The summed E-state index contributed by atoms with van der Waals surface area (Å²) in [6, 6.07) is 3.03. The number of aromatic amines is 1. The maximum atomic E-state index is 13.1. The first-order valence-electron chi connectivity index (χ1n) is 3.17. The highest BCUT2D eigenvalue weighted by Crippen LogP contribution is 2.29. The van der Waals surface area contributed by atoms with Crippen molar-refractivity contribution in [1.29, 1.82) is 0 Å². The van der Waals surface area contributed by atoms with Crippen LogP contribution < -0.4 is 0 Å². The molecule has 1 heterocycles. The van der Waals surface area contributed by atoms with E-state index in [4.69, 9.17) is 0 Å². The van der Waals surface area contributed by atoms with E-state index in [0.717, 1.165) is 4.47 Å². The second-order valence-corrected chi connectivity index (χ2v) is 3.94. The Morgan fingerprint density at radius 1 is 1.33 bits per heavy atom. The quantitative estimate of drug-likeness (QED) is 0.794. The van der Waals surface area contributed by atoms with E-state index in [1.165, 1.54) is 6.07 Å². The number of benzene rings is 1. The first-order valence-corrected chi connectivity index (χ1v) is 4.76. The van der Waals surface area contributed by atoms with Crippen LogP contribution in [-0.4, -0.2) is 10.2 Å². The third kappa shape index (κ3) is 1.08. The van der Waals surface area contributed by atoms with Crippen LogP contribution in [0.1, 0.15) is 0 Å². The van der Waals surface area contributed by atoms with Crippen molar-refractivity contribution in [2.45, 2.75) is 0 Å². The molecule has 5 heteroatoms. The summed E-state index contributed by atoms with van der Waals surface area (Å²) < 4.78 is 14.5. The van der Waals surface area contributed by atoms with Crippen molar-refractivity contribution in [3.8, 4) is 0 Å². The molecule has 0 radical (unpaired) electrons. The maximum Gasteiger partial charge on any atom is 0.135 e. The summed E-state index contributed by atoms with van der Waals surface area (Å²) in [5, 5.41) is 7.05. The molecule has 0 amide bonds. The van der Waals surface area contributed by atoms with Crippen LogP contribution in [-0.2, 0) is 0 Å². The predicted molar refractivity (Wildman–Crippen MR) is 51.5 cm³/mol. The Labute approximate surface area is 84.4 Å². The number of halogens is 3. The van der Waals surface area contributed by atoms with Crippen LogP contribution in [0.4, 0.5) is 4.39 Å². The molecule has 62 valence electrons. The lowest BCUT2D eigenvalue weighted by atomic mass is 10.2. The van der Waals surface area contributed by atoms with Gasteiger partial charge in [0, 0.05) is 4.47 Å². The number of aromatic nitrogens is 2. The van der Waals surface area contributed by atoms with Crippen LogP contribution in [0.25, 0.3) is 10.9 Å². The lowest BCUT2D eigenvalue weighted by Crippen LogP contribution is -1.77. The molecule has 0 unspecified atom stereocenters.